The highest BCUT2D eigenvalue weighted by atomic mass is 16.5. The van der Waals surface area contributed by atoms with Gasteiger partial charge in [0.2, 0.25) is 0 Å². The van der Waals surface area contributed by atoms with Gasteiger partial charge in [-0.05, 0) is 32.4 Å². The number of nitrogens with zero attached hydrogens (tertiary/aromatic N) is 4. The van der Waals surface area contributed by atoms with Gasteiger partial charge in [0.1, 0.15) is 5.65 Å². The van der Waals surface area contributed by atoms with Crippen molar-refractivity contribution in [3.63, 3.8) is 0 Å². The number of rotatable bonds is 6. The standard InChI is InChI=1S/C19H28N4O2/c1-4-25-11-10-22-9-8-21(13-16(22)3)14-17-12-18(24)23-7-5-6-15(2)19(23)20-17/h5-7,12,16H,4,8-11,13-14H2,1-3H3/t16-/m1/s1. The van der Waals surface area contributed by atoms with Crippen LogP contribution in [0.15, 0.2) is 29.2 Å². The van der Waals surface area contributed by atoms with Crippen LogP contribution in [0.2, 0.25) is 0 Å². The molecule has 1 aliphatic heterocycles. The van der Waals surface area contributed by atoms with Crippen LogP contribution < -0.4 is 5.56 Å². The minimum atomic E-state index is -0.00732. The normalized spacial score (nSPS) is 19.6. The molecule has 2 aromatic rings. The molecule has 6 heteroatoms. The van der Waals surface area contributed by atoms with E-state index in [1.165, 1.54) is 0 Å². The van der Waals surface area contributed by atoms with E-state index >= 15 is 0 Å². The summed E-state index contributed by atoms with van der Waals surface area (Å²) in [5, 5.41) is 0. The fourth-order valence-electron chi connectivity index (χ4n) is 3.49. The maximum absolute atomic E-state index is 12.3. The monoisotopic (exact) mass is 344 g/mol. The Morgan fingerprint density at radius 1 is 1.36 bits per heavy atom. The topological polar surface area (TPSA) is 50.1 Å². The SMILES string of the molecule is CCOCCN1CCN(Cc2cc(=O)n3cccc(C)c3n2)C[C@H]1C. The number of ether oxygens (including phenoxy) is 1. The van der Waals surface area contributed by atoms with Crippen molar-refractivity contribution in [1.82, 2.24) is 19.2 Å². The van der Waals surface area contributed by atoms with Crippen molar-refractivity contribution in [3.05, 3.63) is 46.0 Å². The lowest BCUT2D eigenvalue weighted by Gasteiger charge is -2.39. The lowest BCUT2D eigenvalue weighted by atomic mass is 10.2. The second-order valence-electron chi connectivity index (χ2n) is 6.79. The smallest absolute Gasteiger partial charge is 0.258 e. The molecular formula is C19H28N4O2. The predicted molar refractivity (Wildman–Crippen MR) is 99.0 cm³/mol. The van der Waals surface area contributed by atoms with E-state index in [1.807, 2.05) is 26.0 Å². The molecule has 3 heterocycles. The molecular weight excluding hydrogens is 316 g/mol. The number of hydrogen-bond donors (Lipinski definition) is 0. The summed E-state index contributed by atoms with van der Waals surface area (Å²) in [5.74, 6) is 0. The molecule has 25 heavy (non-hydrogen) atoms. The van der Waals surface area contributed by atoms with Crippen LogP contribution in [0.5, 0.6) is 0 Å². The largest absolute Gasteiger partial charge is 0.380 e. The summed E-state index contributed by atoms with van der Waals surface area (Å²) in [4.78, 5) is 21.9. The summed E-state index contributed by atoms with van der Waals surface area (Å²) in [7, 11) is 0. The van der Waals surface area contributed by atoms with E-state index in [1.54, 1.807) is 16.7 Å². The Morgan fingerprint density at radius 2 is 2.20 bits per heavy atom. The van der Waals surface area contributed by atoms with Gasteiger partial charge in [-0.3, -0.25) is 19.0 Å². The van der Waals surface area contributed by atoms with Gasteiger partial charge < -0.3 is 4.74 Å². The fourth-order valence-corrected chi connectivity index (χ4v) is 3.49. The number of aromatic nitrogens is 2. The van der Waals surface area contributed by atoms with Gasteiger partial charge >= 0.3 is 0 Å². The predicted octanol–water partition coefficient (Wildman–Crippen LogP) is 1.55. The van der Waals surface area contributed by atoms with Crippen LogP contribution in [0.4, 0.5) is 0 Å². The fraction of sp³-hybridized carbons (Fsp3) is 0.579. The Morgan fingerprint density at radius 3 is 2.96 bits per heavy atom. The molecule has 0 amide bonds. The highest BCUT2D eigenvalue weighted by Crippen LogP contribution is 2.13. The zero-order chi connectivity index (χ0) is 17.8. The van der Waals surface area contributed by atoms with E-state index < -0.39 is 0 Å². The van der Waals surface area contributed by atoms with Crippen LogP contribution in [0.3, 0.4) is 0 Å². The quantitative estimate of drug-likeness (QED) is 0.744. The molecule has 3 rings (SSSR count). The third-order valence-corrected chi connectivity index (χ3v) is 4.90. The summed E-state index contributed by atoms with van der Waals surface area (Å²) < 4.78 is 7.09. The van der Waals surface area contributed by atoms with Crippen molar-refractivity contribution in [2.75, 3.05) is 39.4 Å². The molecule has 1 atom stereocenters. The summed E-state index contributed by atoms with van der Waals surface area (Å²) in [6, 6.07) is 6.02. The van der Waals surface area contributed by atoms with Gasteiger partial charge in [0.05, 0.1) is 12.3 Å². The maximum Gasteiger partial charge on any atom is 0.258 e. The third kappa shape index (κ3) is 4.26. The van der Waals surface area contributed by atoms with Crippen molar-refractivity contribution in [3.8, 4) is 0 Å². The molecule has 0 spiro atoms. The van der Waals surface area contributed by atoms with E-state index in [2.05, 4.69) is 16.7 Å². The van der Waals surface area contributed by atoms with Crippen LogP contribution in [-0.2, 0) is 11.3 Å². The molecule has 0 unspecified atom stereocenters. The van der Waals surface area contributed by atoms with Gasteiger partial charge in [-0.2, -0.15) is 0 Å². The van der Waals surface area contributed by atoms with Gasteiger partial charge in [-0.25, -0.2) is 4.98 Å². The molecule has 0 N–H and O–H groups in total. The number of hydrogen-bond acceptors (Lipinski definition) is 5. The molecule has 6 nitrogen and oxygen atoms in total. The molecule has 2 aromatic heterocycles. The molecule has 1 aliphatic rings. The Bertz CT molecular complexity index is 774. The minimum Gasteiger partial charge on any atom is -0.380 e. The summed E-state index contributed by atoms with van der Waals surface area (Å²) >= 11 is 0. The first-order valence-corrected chi connectivity index (χ1v) is 9.10. The lowest BCUT2D eigenvalue weighted by Crippen LogP contribution is -2.52. The van der Waals surface area contributed by atoms with Crippen molar-refractivity contribution in [2.24, 2.45) is 0 Å². The molecule has 0 saturated carbocycles. The number of fused-ring (bicyclic) bond motifs is 1. The first kappa shape index (κ1) is 18.0. The first-order chi connectivity index (χ1) is 12.1. The zero-order valence-electron chi connectivity index (χ0n) is 15.4. The van der Waals surface area contributed by atoms with E-state index in [4.69, 9.17) is 9.72 Å². The maximum atomic E-state index is 12.3. The molecule has 136 valence electrons. The lowest BCUT2D eigenvalue weighted by molar-refractivity contribution is 0.0462. The van der Waals surface area contributed by atoms with Crippen LogP contribution >= 0.6 is 0 Å². The Hall–Kier alpha value is -1.76. The van der Waals surface area contributed by atoms with Crippen molar-refractivity contribution >= 4 is 5.65 Å². The van der Waals surface area contributed by atoms with Crippen molar-refractivity contribution in [2.45, 2.75) is 33.4 Å². The van der Waals surface area contributed by atoms with Gasteiger partial charge in [-0.15, -0.1) is 0 Å². The Kier molecular flexibility index (Phi) is 5.83. The number of piperazine rings is 1. The molecule has 0 radical (unpaired) electrons. The van der Waals surface area contributed by atoms with E-state index in [9.17, 15) is 4.79 Å². The van der Waals surface area contributed by atoms with E-state index in [-0.39, 0.29) is 5.56 Å². The Balaban J connectivity index is 1.67. The van der Waals surface area contributed by atoms with Crippen molar-refractivity contribution in [1.29, 1.82) is 0 Å². The highest BCUT2D eigenvalue weighted by molar-refractivity contribution is 5.46. The zero-order valence-corrected chi connectivity index (χ0v) is 15.4. The van der Waals surface area contributed by atoms with Crippen molar-refractivity contribution < 1.29 is 4.74 Å². The number of aryl methyl sites for hydroxylation is 1. The molecule has 0 bridgehead atoms. The minimum absolute atomic E-state index is 0.00732. The second kappa shape index (κ2) is 8.08. The number of pyridine rings is 1. The molecule has 1 saturated heterocycles. The van der Waals surface area contributed by atoms with Gasteiger partial charge in [0, 0.05) is 57.6 Å². The second-order valence-corrected chi connectivity index (χ2v) is 6.79. The Labute approximate surface area is 149 Å². The molecule has 0 aromatic carbocycles. The van der Waals surface area contributed by atoms with Gasteiger partial charge in [-0.1, -0.05) is 6.07 Å². The average molecular weight is 344 g/mol. The van der Waals surface area contributed by atoms with Crippen LogP contribution in [-0.4, -0.2) is 64.6 Å². The van der Waals surface area contributed by atoms with Gasteiger partial charge in [0.15, 0.2) is 0 Å². The molecule has 0 aliphatic carbocycles. The average Bonchev–Trinajstić information content (AvgIpc) is 2.58. The first-order valence-electron chi connectivity index (χ1n) is 9.10. The van der Waals surface area contributed by atoms with Crippen LogP contribution in [0.1, 0.15) is 25.1 Å². The van der Waals surface area contributed by atoms with E-state index in [0.29, 0.717) is 6.04 Å². The van der Waals surface area contributed by atoms with E-state index in [0.717, 1.165) is 62.8 Å². The van der Waals surface area contributed by atoms with Gasteiger partial charge in [0.25, 0.3) is 5.56 Å². The third-order valence-electron chi connectivity index (χ3n) is 4.90. The van der Waals surface area contributed by atoms with Crippen LogP contribution in [0, 0.1) is 6.92 Å². The summed E-state index contributed by atoms with van der Waals surface area (Å²) in [6.45, 7) is 12.6. The summed E-state index contributed by atoms with van der Waals surface area (Å²) in [6.07, 6.45) is 1.78. The molecule has 1 fully saturated rings. The summed E-state index contributed by atoms with van der Waals surface area (Å²) in [5.41, 5.74) is 2.63. The highest BCUT2D eigenvalue weighted by Gasteiger charge is 2.23. The van der Waals surface area contributed by atoms with Crippen LogP contribution in [0.25, 0.3) is 5.65 Å².